The number of methoxy groups -OCH3 is 1. The zero-order valence-corrected chi connectivity index (χ0v) is 26.4. The summed E-state index contributed by atoms with van der Waals surface area (Å²) < 4.78 is 44.9. The molecule has 2 fully saturated rings. The maximum atomic E-state index is 7.02. The minimum absolute atomic E-state index is 0.391. The molecular weight excluding hydrogens is 524 g/mol. The molecule has 40 heavy (non-hydrogen) atoms. The molecule has 2 aliphatic rings. The lowest BCUT2D eigenvalue weighted by atomic mass is 9.98. The molecule has 0 aliphatic carbocycles. The Morgan fingerprint density at radius 3 is 1.73 bits per heavy atom. The summed E-state index contributed by atoms with van der Waals surface area (Å²) in [5.74, 6) is -1.24. The first-order valence-corrected chi connectivity index (χ1v) is 16.7. The lowest BCUT2D eigenvalue weighted by Crippen LogP contribution is -2.60. The highest BCUT2D eigenvalue weighted by Gasteiger charge is 2.58. The Hall–Kier alpha value is -1.62. The van der Waals surface area contributed by atoms with Gasteiger partial charge in [-0.1, -0.05) is 102 Å². The minimum atomic E-state index is -2.16. The predicted octanol–water partition coefficient (Wildman–Crippen LogP) is 6.81. The van der Waals surface area contributed by atoms with Gasteiger partial charge >= 0.3 is 0 Å². The Morgan fingerprint density at radius 1 is 0.750 bits per heavy atom. The fourth-order valence-electron chi connectivity index (χ4n) is 6.47. The summed E-state index contributed by atoms with van der Waals surface area (Å²) in [5, 5.41) is 0. The second kappa shape index (κ2) is 13.6. The average molecular weight is 573 g/mol. The van der Waals surface area contributed by atoms with Crippen molar-refractivity contribution in [3.8, 4) is 0 Å². The van der Waals surface area contributed by atoms with Gasteiger partial charge in [-0.25, -0.2) is 0 Å². The van der Waals surface area contributed by atoms with E-state index >= 15 is 0 Å². The molecule has 4 rings (SSSR count). The molecule has 0 spiro atoms. The van der Waals surface area contributed by atoms with E-state index in [9.17, 15) is 0 Å². The van der Waals surface area contributed by atoms with Gasteiger partial charge in [0, 0.05) is 14.0 Å². The molecule has 0 aromatic heterocycles. The lowest BCUT2D eigenvalue weighted by molar-refractivity contribution is -0.334. The van der Waals surface area contributed by atoms with Crippen LogP contribution in [0.5, 0.6) is 0 Å². The van der Waals surface area contributed by atoms with E-state index in [4.69, 9.17) is 32.8 Å². The Morgan fingerprint density at radius 2 is 1.25 bits per heavy atom. The van der Waals surface area contributed by atoms with Crippen LogP contribution in [0.3, 0.4) is 0 Å². The van der Waals surface area contributed by atoms with Crippen LogP contribution < -0.4 is 0 Å². The summed E-state index contributed by atoms with van der Waals surface area (Å²) in [4.78, 5) is 0. The molecule has 2 aromatic rings. The van der Waals surface area contributed by atoms with Crippen LogP contribution in [0, 0.1) is 0 Å². The smallest absolute Gasteiger partial charge is 0.282 e. The van der Waals surface area contributed by atoms with Gasteiger partial charge < -0.3 is 28.1 Å². The number of fused-ring (bicyclic) bond motifs is 1. The van der Waals surface area contributed by atoms with Gasteiger partial charge in [0.25, 0.3) is 5.97 Å². The summed E-state index contributed by atoms with van der Waals surface area (Å²) >= 11 is 0. The number of ether oxygens (including phenoxy) is 6. The molecule has 2 saturated heterocycles. The SMILES string of the molecule is CO[C@@]1(C)O[C@@H]2O[C@H](CO[Si](C(C)C)(C(C)C)C(C)C)[C@@H](OCc3ccccc3)[C@H](OCc3ccccc3)[C@@H]2O1. The molecular formula is C32H48O7Si. The van der Waals surface area contributed by atoms with E-state index in [1.54, 1.807) is 14.0 Å². The monoisotopic (exact) mass is 572 g/mol. The third-order valence-electron chi connectivity index (χ3n) is 8.42. The van der Waals surface area contributed by atoms with E-state index in [1.807, 2.05) is 36.4 Å². The highest BCUT2D eigenvalue weighted by molar-refractivity contribution is 6.77. The van der Waals surface area contributed by atoms with Gasteiger partial charge in [-0.05, 0) is 27.8 Å². The van der Waals surface area contributed by atoms with Crippen molar-refractivity contribution in [3.05, 3.63) is 71.8 Å². The summed E-state index contributed by atoms with van der Waals surface area (Å²) in [7, 11) is -0.599. The lowest BCUT2D eigenvalue weighted by Gasteiger charge is -2.46. The minimum Gasteiger partial charge on any atom is -0.413 e. The van der Waals surface area contributed by atoms with Crippen molar-refractivity contribution in [1.29, 1.82) is 0 Å². The third kappa shape index (κ3) is 6.87. The molecule has 2 aromatic carbocycles. The molecule has 0 N–H and O–H groups in total. The summed E-state index contributed by atoms with van der Waals surface area (Å²) in [6.45, 7) is 16.7. The standard InChI is InChI=1S/C32H48O7Si/c1-22(2)40(23(3)4,24(5)6)36-21-27-28(34-19-25-15-11-9-12-16-25)29(35-20-26-17-13-10-14-18-26)30-31(37-27)39-32(7,33-8)38-30/h9-18,22-24,27-31H,19-21H2,1-8H3/t27-,28-,29+,30+,31+,32-/m1/s1. The second-order valence-corrected chi connectivity index (χ2v) is 17.4. The molecule has 222 valence electrons. The number of benzene rings is 2. The molecule has 7 nitrogen and oxygen atoms in total. The summed E-state index contributed by atoms with van der Waals surface area (Å²) in [6, 6.07) is 20.3. The van der Waals surface area contributed by atoms with E-state index in [0.29, 0.717) is 36.4 Å². The highest BCUT2D eigenvalue weighted by Crippen LogP contribution is 2.44. The quantitative estimate of drug-likeness (QED) is 0.244. The normalized spacial score (nSPS) is 28.9. The van der Waals surface area contributed by atoms with Gasteiger partial charge in [-0.15, -0.1) is 0 Å². The van der Waals surface area contributed by atoms with Crippen molar-refractivity contribution in [1.82, 2.24) is 0 Å². The fraction of sp³-hybridized carbons (Fsp3) is 0.625. The van der Waals surface area contributed by atoms with Crippen molar-refractivity contribution in [2.75, 3.05) is 13.7 Å². The van der Waals surface area contributed by atoms with Crippen LogP contribution in [-0.4, -0.2) is 58.7 Å². The van der Waals surface area contributed by atoms with E-state index in [-0.39, 0.29) is 0 Å². The molecule has 2 aliphatic heterocycles. The van der Waals surface area contributed by atoms with Gasteiger partial charge in [0.1, 0.15) is 24.4 Å². The van der Waals surface area contributed by atoms with E-state index in [0.717, 1.165) is 11.1 Å². The van der Waals surface area contributed by atoms with Crippen LogP contribution in [-0.2, 0) is 46.1 Å². The predicted molar refractivity (Wildman–Crippen MR) is 157 cm³/mol. The third-order valence-corrected chi connectivity index (χ3v) is 14.5. The van der Waals surface area contributed by atoms with Crippen molar-refractivity contribution in [2.45, 2.75) is 115 Å². The molecule has 0 radical (unpaired) electrons. The molecule has 0 amide bonds. The largest absolute Gasteiger partial charge is 0.413 e. The molecule has 6 atom stereocenters. The van der Waals surface area contributed by atoms with Crippen molar-refractivity contribution in [2.24, 2.45) is 0 Å². The van der Waals surface area contributed by atoms with Gasteiger partial charge in [0.15, 0.2) is 14.6 Å². The van der Waals surface area contributed by atoms with Gasteiger partial charge in [0.05, 0.1) is 19.8 Å². The van der Waals surface area contributed by atoms with Crippen LogP contribution in [0.1, 0.15) is 59.6 Å². The Bertz CT molecular complexity index is 1010. The number of rotatable bonds is 13. The van der Waals surface area contributed by atoms with Crippen LogP contribution in [0.15, 0.2) is 60.7 Å². The maximum Gasteiger partial charge on any atom is 0.282 e. The van der Waals surface area contributed by atoms with Crippen molar-refractivity contribution < 1.29 is 32.8 Å². The second-order valence-electron chi connectivity index (χ2n) is 12.0. The van der Waals surface area contributed by atoms with E-state index in [2.05, 4.69) is 65.8 Å². The first-order valence-electron chi connectivity index (χ1n) is 14.6. The van der Waals surface area contributed by atoms with Gasteiger partial charge in [-0.3, -0.25) is 4.74 Å². The number of hydrogen-bond donors (Lipinski definition) is 0. The van der Waals surface area contributed by atoms with E-state index in [1.165, 1.54) is 0 Å². The number of hydrogen-bond acceptors (Lipinski definition) is 7. The maximum absolute atomic E-state index is 7.02. The summed E-state index contributed by atoms with van der Waals surface area (Å²) in [5.41, 5.74) is 3.48. The van der Waals surface area contributed by atoms with Crippen molar-refractivity contribution in [3.63, 3.8) is 0 Å². The van der Waals surface area contributed by atoms with Crippen LogP contribution in [0.25, 0.3) is 0 Å². The average Bonchev–Trinajstić information content (AvgIpc) is 3.28. The zero-order valence-electron chi connectivity index (χ0n) is 25.4. The Balaban J connectivity index is 1.65. The van der Waals surface area contributed by atoms with Gasteiger partial charge in [-0.2, -0.15) is 0 Å². The Kier molecular flexibility index (Phi) is 10.6. The molecule has 0 bridgehead atoms. The first kappa shape index (κ1) is 31.3. The van der Waals surface area contributed by atoms with Crippen LogP contribution in [0.2, 0.25) is 16.6 Å². The molecule has 0 unspecified atom stereocenters. The van der Waals surface area contributed by atoms with Crippen molar-refractivity contribution >= 4 is 8.32 Å². The van der Waals surface area contributed by atoms with Gasteiger partial charge in [0.2, 0.25) is 0 Å². The zero-order chi connectivity index (χ0) is 28.9. The molecule has 2 heterocycles. The topological polar surface area (TPSA) is 64.6 Å². The van der Waals surface area contributed by atoms with Crippen LogP contribution >= 0.6 is 0 Å². The highest BCUT2D eigenvalue weighted by atomic mass is 28.4. The molecule has 8 heteroatoms. The first-order chi connectivity index (χ1) is 19.1. The van der Waals surface area contributed by atoms with E-state index < -0.39 is 45.0 Å². The molecule has 0 saturated carbocycles. The fourth-order valence-corrected chi connectivity index (χ4v) is 11.9. The van der Waals surface area contributed by atoms with Crippen LogP contribution in [0.4, 0.5) is 0 Å². The Labute approximate surface area is 241 Å². The summed E-state index contributed by atoms with van der Waals surface area (Å²) in [6.07, 6.45) is -2.55.